The van der Waals surface area contributed by atoms with Crippen LogP contribution in [0.4, 0.5) is 4.39 Å². The molecule has 0 amide bonds. The normalized spacial score (nSPS) is 10.8. The summed E-state index contributed by atoms with van der Waals surface area (Å²) in [5.41, 5.74) is 0.495. The molecule has 1 N–H and O–H groups in total. The van der Waals surface area contributed by atoms with E-state index in [4.69, 9.17) is 4.74 Å². The molecule has 0 saturated carbocycles. The van der Waals surface area contributed by atoms with Crippen molar-refractivity contribution in [3.8, 4) is 11.5 Å². The highest BCUT2D eigenvalue weighted by molar-refractivity contribution is 9.10. The molecule has 3 aromatic carbocycles. The van der Waals surface area contributed by atoms with Crippen LogP contribution in [0.25, 0.3) is 10.8 Å². The Kier molecular flexibility index (Phi) is 3.80. The van der Waals surface area contributed by atoms with Gasteiger partial charge in [-0.2, -0.15) is 0 Å². The summed E-state index contributed by atoms with van der Waals surface area (Å²) in [7, 11) is 0. The summed E-state index contributed by atoms with van der Waals surface area (Å²) in [5, 5.41) is 11.4. The molecule has 0 aliphatic carbocycles. The quantitative estimate of drug-likeness (QED) is 0.720. The van der Waals surface area contributed by atoms with Crippen molar-refractivity contribution in [1.29, 1.82) is 0 Å². The fourth-order valence-electron chi connectivity index (χ4n) is 2.10. The average Bonchev–Trinajstić information content (AvgIpc) is 2.46. The first-order valence-corrected chi connectivity index (χ1v) is 7.21. The lowest BCUT2D eigenvalue weighted by Gasteiger charge is -2.08. The largest absolute Gasteiger partial charge is 0.508 e. The standard InChI is InChI=1S/C17H12BrFO2/c18-14-4-1-12(17(19)9-14)10-21-16-6-3-11-2-5-15(20)7-13(11)8-16/h1-9,20H,10H2. The van der Waals surface area contributed by atoms with E-state index >= 15 is 0 Å². The molecule has 0 spiro atoms. The third-order valence-electron chi connectivity index (χ3n) is 3.20. The molecule has 2 nitrogen and oxygen atoms in total. The van der Waals surface area contributed by atoms with Crippen LogP contribution in [0, 0.1) is 5.82 Å². The number of rotatable bonds is 3. The van der Waals surface area contributed by atoms with Gasteiger partial charge in [0.05, 0.1) is 0 Å². The Hall–Kier alpha value is -2.07. The molecule has 0 bridgehead atoms. The highest BCUT2D eigenvalue weighted by Crippen LogP contribution is 2.25. The van der Waals surface area contributed by atoms with E-state index in [0.717, 1.165) is 10.8 Å². The second-order valence-corrected chi connectivity index (χ2v) is 5.63. The first kappa shape index (κ1) is 13.9. The lowest BCUT2D eigenvalue weighted by Crippen LogP contribution is -1.98. The van der Waals surface area contributed by atoms with Gasteiger partial charge >= 0.3 is 0 Å². The monoisotopic (exact) mass is 346 g/mol. The van der Waals surface area contributed by atoms with Gasteiger partial charge in [-0.25, -0.2) is 4.39 Å². The molecule has 0 heterocycles. The van der Waals surface area contributed by atoms with Gasteiger partial charge in [0.25, 0.3) is 0 Å². The van der Waals surface area contributed by atoms with Gasteiger partial charge in [-0.3, -0.25) is 0 Å². The van der Waals surface area contributed by atoms with E-state index in [2.05, 4.69) is 15.9 Å². The van der Waals surface area contributed by atoms with Gasteiger partial charge in [0.1, 0.15) is 23.9 Å². The zero-order valence-corrected chi connectivity index (χ0v) is 12.6. The fourth-order valence-corrected chi connectivity index (χ4v) is 2.43. The maximum Gasteiger partial charge on any atom is 0.130 e. The van der Waals surface area contributed by atoms with Crippen LogP contribution in [-0.4, -0.2) is 5.11 Å². The Morgan fingerprint density at radius 1 is 0.952 bits per heavy atom. The molecule has 0 radical (unpaired) electrons. The fraction of sp³-hybridized carbons (Fsp3) is 0.0588. The summed E-state index contributed by atoms with van der Waals surface area (Å²) in [6.45, 7) is 0.156. The van der Waals surface area contributed by atoms with E-state index in [0.29, 0.717) is 15.8 Å². The summed E-state index contributed by atoms with van der Waals surface area (Å²) in [6, 6.07) is 15.6. The molecule has 0 unspecified atom stereocenters. The smallest absolute Gasteiger partial charge is 0.130 e. The number of hydrogen-bond acceptors (Lipinski definition) is 2. The van der Waals surface area contributed by atoms with Crippen molar-refractivity contribution in [3.05, 3.63) is 70.5 Å². The van der Waals surface area contributed by atoms with Crippen LogP contribution in [0.1, 0.15) is 5.56 Å². The van der Waals surface area contributed by atoms with Crippen molar-refractivity contribution in [2.75, 3.05) is 0 Å². The van der Waals surface area contributed by atoms with Crippen molar-refractivity contribution >= 4 is 26.7 Å². The summed E-state index contributed by atoms with van der Waals surface area (Å²) in [5.74, 6) is 0.539. The molecule has 0 aromatic heterocycles. The highest BCUT2D eigenvalue weighted by atomic mass is 79.9. The second-order valence-electron chi connectivity index (χ2n) is 4.72. The van der Waals surface area contributed by atoms with E-state index < -0.39 is 0 Å². The van der Waals surface area contributed by atoms with Gasteiger partial charge in [-0.1, -0.05) is 34.1 Å². The lowest BCUT2D eigenvalue weighted by molar-refractivity contribution is 0.300. The third kappa shape index (κ3) is 3.16. The molecule has 4 heteroatoms. The lowest BCUT2D eigenvalue weighted by atomic mass is 10.1. The minimum atomic E-state index is -0.303. The van der Waals surface area contributed by atoms with E-state index in [1.54, 1.807) is 24.3 Å². The molecule has 21 heavy (non-hydrogen) atoms. The van der Waals surface area contributed by atoms with Crippen LogP contribution in [0.3, 0.4) is 0 Å². The predicted molar refractivity (Wildman–Crippen MR) is 84.0 cm³/mol. The Morgan fingerprint density at radius 2 is 1.76 bits per heavy atom. The van der Waals surface area contributed by atoms with E-state index in [1.165, 1.54) is 6.07 Å². The van der Waals surface area contributed by atoms with Crippen molar-refractivity contribution in [2.45, 2.75) is 6.61 Å². The van der Waals surface area contributed by atoms with Crippen LogP contribution in [-0.2, 0) is 6.61 Å². The van der Waals surface area contributed by atoms with Gasteiger partial charge in [0, 0.05) is 10.0 Å². The molecule has 0 atom stereocenters. The van der Waals surface area contributed by atoms with Crippen LogP contribution in [0.15, 0.2) is 59.1 Å². The van der Waals surface area contributed by atoms with Crippen molar-refractivity contribution in [3.63, 3.8) is 0 Å². The maximum atomic E-state index is 13.7. The van der Waals surface area contributed by atoms with Crippen LogP contribution >= 0.6 is 15.9 Å². The van der Waals surface area contributed by atoms with Crippen LogP contribution in [0.2, 0.25) is 0 Å². The Labute approximate surface area is 129 Å². The molecule has 3 aromatic rings. The first-order chi connectivity index (χ1) is 10.1. The number of phenols is 1. The first-order valence-electron chi connectivity index (χ1n) is 6.41. The van der Waals surface area contributed by atoms with Gasteiger partial charge in [0.2, 0.25) is 0 Å². The topological polar surface area (TPSA) is 29.5 Å². The van der Waals surface area contributed by atoms with Gasteiger partial charge in [-0.05, 0) is 47.2 Å². The van der Waals surface area contributed by atoms with Crippen molar-refractivity contribution < 1.29 is 14.2 Å². The number of ether oxygens (including phenoxy) is 1. The van der Waals surface area contributed by atoms with E-state index in [1.807, 2.05) is 24.3 Å². The zero-order chi connectivity index (χ0) is 14.8. The second kappa shape index (κ2) is 5.74. The predicted octanol–water partition coefficient (Wildman–Crippen LogP) is 5.03. The number of benzene rings is 3. The molecule has 0 saturated heterocycles. The summed E-state index contributed by atoms with van der Waals surface area (Å²) < 4.78 is 20.0. The van der Waals surface area contributed by atoms with Crippen LogP contribution in [0.5, 0.6) is 11.5 Å². The zero-order valence-electron chi connectivity index (χ0n) is 11.0. The Bertz CT molecular complexity index is 802. The Morgan fingerprint density at radius 3 is 2.57 bits per heavy atom. The summed E-state index contributed by atoms with van der Waals surface area (Å²) in [6.07, 6.45) is 0. The maximum absolute atomic E-state index is 13.7. The van der Waals surface area contributed by atoms with E-state index in [9.17, 15) is 9.50 Å². The van der Waals surface area contributed by atoms with Crippen LogP contribution < -0.4 is 4.74 Å². The molecular formula is C17H12BrFO2. The SMILES string of the molecule is Oc1ccc2ccc(OCc3ccc(Br)cc3F)cc2c1. The Balaban J connectivity index is 1.81. The molecule has 0 aliphatic rings. The number of aromatic hydroxyl groups is 1. The number of halogens is 2. The number of hydrogen-bond donors (Lipinski definition) is 1. The molecule has 0 aliphatic heterocycles. The van der Waals surface area contributed by atoms with Gasteiger partial charge in [-0.15, -0.1) is 0 Å². The van der Waals surface area contributed by atoms with Crippen molar-refractivity contribution in [2.24, 2.45) is 0 Å². The van der Waals surface area contributed by atoms with E-state index in [-0.39, 0.29) is 18.2 Å². The highest BCUT2D eigenvalue weighted by Gasteiger charge is 2.04. The number of phenolic OH excluding ortho intramolecular Hbond substituents is 1. The summed E-state index contributed by atoms with van der Waals surface area (Å²) >= 11 is 3.22. The van der Waals surface area contributed by atoms with Gasteiger partial charge in [0.15, 0.2) is 0 Å². The summed E-state index contributed by atoms with van der Waals surface area (Å²) in [4.78, 5) is 0. The molecular weight excluding hydrogens is 335 g/mol. The molecule has 106 valence electrons. The third-order valence-corrected chi connectivity index (χ3v) is 3.70. The minimum absolute atomic E-state index is 0.156. The molecule has 0 fully saturated rings. The molecule has 3 rings (SSSR count). The number of fused-ring (bicyclic) bond motifs is 1. The van der Waals surface area contributed by atoms with Gasteiger partial charge < -0.3 is 9.84 Å². The van der Waals surface area contributed by atoms with Crippen molar-refractivity contribution in [1.82, 2.24) is 0 Å². The minimum Gasteiger partial charge on any atom is -0.508 e. The average molecular weight is 347 g/mol.